The van der Waals surface area contributed by atoms with Crippen LogP contribution in [0.5, 0.6) is 5.75 Å². The number of ether oxygens (including phenoxy) is 1. The van der Waals surface area contributed by atoms with Crippen LogP contribution in [0.3, 0.4) is 0 Å². The number of pyridine rings is 1. The Bertz CT molecular complexity index is 1090. The van der Waals surface area contributed by atoms with Gasteiger partial charge < -0.3 is 4.74 Å². The summed E-state index contributed by atoms with van der Waals surface area (Å²) in [4.78, 5) is 15.9. The Hall–Kier alpha value is -3.20. The fraction of sp³-hybridized carbons (Fsp3) is 0.0909. The molecule has 0 spiro atoms. The number of aromatic nitrogens is 1. The number of aldehydes is 1. The summed E-state index contributed by atoms with van der Waals surface area (Å²) in [5.74, 6) is 0.769. The molecule has 0 atom stereocenters. The summed E-state index contributed by atoms with van der Waals surface area (Å²) < 4.78 is 5.42. The van der Waals surface area contributed by atoms with Gasteiger partial charge in [-0.3, -0.25) is 9.78 Å². The SMILES string of the molecule is COc1ccc(C=O)cc1Cc1ccc2cc3ccccc3cc2n1. The third-order valence-electron chi connectivity index (χ3n) is 4.43. The number of hydrogen-bond donors (Lipinski definition) is 0. The second kappa shape index (κ2) is 6.36. The molecule has 3 heteroatoms. The van der Waals surface area contributed by atoms with Crippen molar-refractivity contribution in [1.82, 2.24) is 4.98 Å². The van der Waals surface area contributed by atoms with Gasteiger partial charge in [0.15, 0.2) is 0 Å². The fourth-order valence-corrected chi connectivity index (χ4v) is 3.16. The molecular weight excluding hydrogens is 310 g/mol. The smallest absolute Gasteiger partial charge is 0.150 e. The van der Waals surface area contributed by atoms with Gasteiger partial charge >= 0.3 is 0 Å². The molecule has 0 bridgehead atoms. The van der Waals surface area contributed by atoms with Gasteiger partial charge in [0.2, 0.25) is 0 Å². The summed E-state index contributed by atoms with van der Waals surface area (Å²) in [6, 6.07) is 22.1. The maximum Gasteiger partial charge on any atom is 0.150 e. The van der Waals surface area contributed by atoms with Crippen molar-refractivity contribution in [3.63, 3.8) is 0 Å². The number of rotatable bonds is 4. The topological polar surface area (TPSA) is 39.2 Å². The molecule has 3 nitrogen and oxygen atoms in total. The van der Waals surface area contributed by atoms with Crippen molar-refractivity contribution in [2.45, 2.75) is 6.42 Å². The highest BCUT2D eigenvalue weighted by Gasteiger charge is 2.08. The Morgan fingerprint density at radius 2 is 1.72 bits per heavy atom. The summed E-state index contributed by atoms with van der Waals surface area (Å²) >= 11 is 0. The molecule has 1 aromatic heterocycles. The van der Waals surface area contributed by atoms with Crippen LogP contribution in [0.25, 0.3) is 21.7 Å². The van der Waals surface area contributed by atoms with E-state index in [4.69, 9.17) is 9.72 Å². The summed E-state index contributed by atoms with van der Waals surface area (Å²) in [6.45, 7) is 0. The first kappa shape index (κ1) is 15.3. The molecule has 4 aromatic rings. The quantitative estimate of drug-likeness (QED) is 0.399. The third-order valence-corrected chi connectivity index (χ3v) is 4.43. The molecule has 0 saturated heterocycles. The van der Waals surface area contributed by atoms with E-state index in [0.717, 1.165) is 34.2 Å². The van der Waals surface area contributed by atoms with Crippen molar-refractivity contribution in [1.29, 1.82) is 0 Å². The zero-order chi connectivity index (χ0) is 17.2. The van der Waals surface area contributed by atoms with E-state index in [9.17, 15) is 4.79 Å². The third kappa shape index (κ3) is 2.96. The molecule has 0 aliphatic rings. The molecule has 0 N–H and O–H groups in total. The van der Waals surface area contributed by atoms with E-state index >= 15 is 0 Å². The normalized spacial score (nSPS) is 10.9. The summed E-state index contributed by atoms with van der Waals surface area (Å²) in [5, 5.41) is 3.51. The summed E-state index contributed by atoms with van der Waals surface area (Å²) in [5.41, 5.74) is 3.52. The van der Waals surface area contributed by atoms with Gasteiger partial charge in [0.1, 0.15) is 12.0 Å². The van der Waals surface area contributed by atoms with Crippen LogP contribution in [-0.4, -0.2) is 18.4 Å². The van der Waals surface area contributed by atoms with Crippen LogP contribution < -0.4 is 4.74 Å². The Morgan fingerprint density at radius 3 is 2.48 bits per heavy atom. The van der Waals surface area contributed by atoms with Gasteiger partial charge in [-0.05, 0) is 47.2 Å². The van der Waals surface area contributed by atoms with Crippen molar-refractivity contribution in [2.75, 3.05) is 7.11 Å². The minimum Gasteiger partial charge on any atom is -0.496 e. The van der Waals surface area contributed by atoms with Gasteiger partial charge in [-0.2, -0.15) is 0 Å². The largest absolute Gasteiger partial charge is 0.496 e. The number of carbonyl (C=O) groups excluding carboxylic acids is 1. The monoisotopic (exact) mass is 327 g/mol. The van der Waals surface area contributed by atoms with Crippen LogP contribution >= 0.6 is 0 Å². The minimum absolute atomic E-state index is 0.619. The van der Waals surface area contributed by atoms with Crippen LogP contribution in [0.1, 0.15) is 21.6 Å². The average molecular weight is 327 g/mol. The van der Waals surface area contributed by atoms with Crippen molar-refractivity contribution in [3.8, 4) is 5.75 Å². The molecule has 0 aliphatic heterocycles. The Labute approximate surface area is 145 Å². The molecule has 3 aromatic carbocycles. The van der Waals surface area contributed by atoms with E-state index < -0.39 is 0 Å². The summed E-state index contributed by atoms with van der Waals surface area (Å²) in [6.07, 6.45) is 1.47. The Morgan fingerprint density at radius 1 is 0.920 bits per heavy atom. The lowest BCUT2D eigenvalue weighted by Crippen LogP contribution is -1.98. The van der Waals surface area contributed by atoms with E-state index in [-0.39, 0.29) is 0 Å². The van der Waals surface area contributed by atoms with E-state index in [0.29, 0.717) is 12.0 Å². The zero-order valence-corrected chi connectivity index (χ0v) is 13.9. The summed E-state index contributed by atoms with van der Waals surface area (Å²) in [7, 11) is 1.64. The van der Waals surface area contributed by atoms with Crippen LogP contribution in [0, 0.1) is 0 Å². The van der Waals surface area contributed by atoms with Gasteiger partial charge in [-0.25, -0.2) is 0 Å². The van der Waals surface area contributed by atoms with Gasteiger partial charge in [0.05, 0.1) is 12.6 Å². The van der Waals surface area contributed by atoms with Crippen molar-refractivity contribution < 1.29 is 9.53 Å². The molecule has 0 amide bonds. The lowest BCUT2D eigenvalue weighted by atomic mass is 10.0. The van der Waals surface area contributed by atoms with Crippen LogP contribution in [0.4, 0.5) is 0 Å². The predicted octanol–water partition coefficient (Wildman–Crippen LogP) is 4.80. The molecule has 1 heterocycles. The molecule has 4 rings (SSSR count). The first-order valence-corrected chi connectivity index (χ1v) is 8.17. The maximum absolute atomic E-state index is 11.1. The van der Waals surface area contributed by atoms with Crippen LogP contribution in [0.15, 0.2) is 66.7 Å². The molecule has 0 fully saturated rings. The molecular formula is C22H17NO2. The van der Waals surface area contributed by atoms with E-state index in [1.165, 1.54) is 10.8 Å². The molecule has 0 aliphatic carbocycles. The first-order valence-electron chi connectivity index (χ1n) is 8.17. The Kier molecular flexibility index (Phi) is 3.90. The molecule has 0 radical (unpaired) electrons. The fourth-order valence-electron chi connectivity index (χ4n) is 3.16. The van der Waals surface area contributed by atoms with Crippen LogP contribution in [0.2, 0.25) is 0 Å². The van der Waals surface area contributed by atoms with Gasteiger partial charge in [-0.1, -0.05) is 30.3 Å². The van der Waals surface area contributed by atoms with Gasteiger partial charge in [0.25, 0.3) is 0 Å². The van der Waals surface area contributed by atoms with Crippen molar-refractivity contribution in [3.05, 3.63) is 83.6 Å². The lowest BCUT2D eigenvalue weighted by molar-refractivity contribution is 0.112. The number of methoxy groups -OCH3 is 1. The zero-order valence-electron chi connectivity index (χ0n) is 13.9. The molecule has 25 heavy (non-hydrogen) atoms. The highest BCUT2D eigenvalue weighted by atomic mass is 16.5. The maximum atomic E-state index is 11.1. The first-order chi connectivity index (χ1) is 12.3. The lowest BCUT2D eigenvalue weighted by Gasteiger charge is -2.10. The number of benzene rings is 3. The second-order valence-corrected chi connectivity index (χ2v) is 6.06. The second-order valence-electron chi connectivity index (χ2n) is 6.06. The number of hydrogen-bond acceptors (Lipinski definition) is 3. The molecule has 0 saturated carbocycles. The molecule has 0 unspecified atom stereocenters. The number of nitrogens with zero attached hydrogens (tertiary/aromatic N) is 1. The Balaban J connectivity index is 1.77. The van der Waals surface area contributed by atoms with E-state index in [2.05, 4.69) is 30.3 Å². The van der Waals surface area contributed by atoms with Crippen LogP contribution in [-0.2, 0) is 6.42 Å². The highest BCUT2D eigenvalue weighted by molar-refractivity contribution is 5.96. The van der Waals surface area contributed by atoms with Crippen molar-refractivity contribution >= 4 is 28.0 Å². The highest BCUT2D eigenvalue weighted by Crippen LogP contribution is 2.25. The number of fused-ring (bicyclic) bond motifs is 2. The molecule has 122 valence electrons. The van der Waals surface area contributed by atoms with Gasteiger partial charge in [0, 0.05) is 28.6 Å². The standard InChI is InChI=1S/C22H17NO2/c1-25-22-9-6-15(14-24)10-19(22)12-20-8-7-18-11-16-4-2-3-5-17(16)13-21(18)23-20/h2-11,13-14H,12H2,1H3. The van der Waals surface area contributed by atoms with Gasteiger partial charge in [-0.15, -0.1) is 0 Å². The average Bonchev–Trinajstić information content (AvgIpc) is 2.66. The predicted molar refractivity (Wildman–Crippen MR) is 100 cm³/mol. The van der Waals surface area contributed by atoms with Crippen molar-refractivity contribution in [2.24, 2.45) is 0 Å². The minimum atomic E-state index is 0.619. The van der Waals surface area contributed by atoms with E-state index in [1.807, 2.05) is 30.3 Å². The van der Waals surface area contributed by atoms with E-state index in [1.54, 1.807) is 13.2 Å². The number of carbonyl (C=O) groups is 1.